The minimum atomic E-state index is 0.620. The van der Waals surface area contributed by atoms with Crippen LogP contribution >= 0.6 is 0 Å². The molecule has 1 aliphatic carbocycles. The van der Waals surface area contributed by atoms with E-state index in [-0.39, 0.29) is 0 Å². The van der Waals surface area contributed by atoms with Gasteiger partial charge < -0.3 is 5.11 Å². The standard InChI is InChI=1S/C7H12O/c1-5-3-4-7(8)6(5)2/h5,8H,3-4H2,1-2H3. The molecule has 0 spiro atoms. The number of hydrogen-bond donors (Lipinski definition) is 1. The molecule has 1 nitrogen and oxygen atoms in total. The lowest BCUT2D eigenvalue weighted by atomic mass is 10.1. The maximum Gasteiger partial charge on any atom is 0.0914 e. The van der Waals surface area contributed by atoms with Gasteiger partial charge in [-0.25, -0.2) is 0 Å². The van der Waals surface area contributed by atoms with Crippen molar-refractivity contribution < 1.29 is 5.11 Å². The molecule has 1 unspecified atom stereocenters. The Bertz CT molecular complexity index is 124. The minimum Gasteiger partial charge on any atom is -0.512 e. The van der Waals surface area contributed by atoms with Gasteiger partial charge in [0.25, 0.3) is 0 Å². The number of hydrogen-bond acceptors (Lipinski definition) is 1. The van der Waals surface area contributed by atoms with E-state index in [4.69, 9.17) is 5.11 Å². The van der Waals surface area contributed by atoms with Gasteiger partial charge in [-0.05, 0) is 24.8 Å². The molecule has 0 heterocycles. The van der Waals surface area contributed by atoms with Gasteiger partial charge in [-0.2, -0.15) is 0 Å². The third kappa shape index (κ3) is 0.726. The summed E-state index contributed by atoms with van der Waals surface area (Å²) in [7, 11) is 0. The minimum absolute atomic E-state index is 0.620. The van der Waals surface area contributed by atoms with Gasteiger partial charge in [0, 0.05) is 6.42 Å². The molecule has 1 atom stereocenters. The molecule has 1 N–H and O–H groups in total. The molecule has 0 aromatic carbocycles. The maximum atomic E-state index is 9.05. The quantitative estimate of drug-likeness (QED) is 0.509. The van der Waals surface area contributed by atoms with Gasteiger partial charge in [-0.3, -0.25) is 0 Å². The first-order valence-corrected chi connectivity index (χ1v) is 3.10. The summed E-state index contributed by atoms with van der Waals surface area (Å²) in [5.41, 5.74) is 1.19. The van der Waals surface area contributed by atoms with Crippen molar-refractivity contribution in [2.75, 3.05) is 0 Å². The van der Waals surface area contributed by atoms with Crippen LogP contribution in [-0.4, -0.2) is 5.11 Å². The number of aliphatic hydroxyl groups is 1. The van der Waals surface area contributed by atoms with Crippen molar-refractivity contribution in [2.24, 2.45) is 5.92 Å². The molecule has 0 aliphatic heterocycles. The molecule has 0 saturated heterocycles. The van der Waals surface area contributed by atoms with Crippen LogP contribution in [0.15, 0.2) is 11.3 Å². The molecular formula is C7H12O. The van der Waals surface area contributed by atoms with Crippen molar-refractivity contribution in [3.63, 3.8) is 0 Å². The maximum absolute atomic E-state index is 9.05. The van der Waals surface area contributed by atoms with E-state index >= 15 is 0 Å². The van der Waals surface area contributed by atoms with Crippen LogP contribution in [0.4, 0.5) is 0 Å². The average Bonchev–Trinajstić information content (AvgIpc) is 1.98. The highest BCUT2D eigenvalue weighted by Gasteiger charge is 2.16. The van der Waals surface area contributed by atoms with E-state index in [0.717, 1.165) is 12.8 Å². The topological polar surface area (TPSA) is 20.2 Å². The second kappa shape index (κ2) is 1.81. The Kier molecular flexibility index (Phi) is 1.28. The van der Waals surface area contributed by atoms with Gasteiger partial charge in [0.05, 0.1) is 5.76 Å². The summed E-state index contributed by atoms with van der Waals surface area (Å²) in [5, 5.41) is 9.05. The first-order valence-electron chi connectivity index (χ1n) is 3.10. The Labute approximate surface area is 50.0 Å². The summed E-state index contributed by atoms with van der Waals surface area (Å²) < 4.78 is 0. The van der Waals surface area contributed by atoms with Crippen LogP contribution in [0.25, 0.3) is 0 Å². The third-order valence-corrected chi connectivity index (χ3v) is 2.01. The SMILES string of the molecule is CC1=C(O)CCC1C. The Morgan fingerprint density at radius 3 is 2.38 bits per heavy atom. The van der Waals surface area contributed by atoms with Crippen LogP contribution in [0.1, 0.15) is 26.7 Å². The molecule has 0 saturated carbocycles. The molecule has 46 valence electrons. The summed E-state index contributed by atoms with van der Waals surface area (Å²) in [4.78, 5) is 0. The Balaban J connectivity index is 2.71. The number of aliphatic hydroxyl groups excluding tert-OH is 1. The zero-order valence-electron chi connectivity index (χ0n) is 5.44. The molecule has 8 heavy (non-hydrogen) atoms. The summed E-state index contributed by atoms with van der Waals surface area (Å²) in [5.74, 6) is 1.24. The third-order valence-electron chi connectivity index (χ3n) is 2.01. The summed E-state index contributed by atoms with van der Waals surface area (Å²) in [6, 6.07) is 0. The van der Waals surface area contributed by atoms with Gasteiger partial charge in [-0.15, -0.1) is 0 Å². The second-order valence-electron chi connectivity index (χ2n) is 2.57. The van der Waals surface area contributed by atoms with E-state index in [2.05, 4.69) is 6.92 Å². The lowest BCUT2D eigenvalue weighted by Crippen LogP contribution is -1.86. The summed E-state index contributed by atoms with van der Waals surface area (Å²) >= 11 is 0. The van der Waals surface area contributed by atoms with Crippen molar-refractivity contribution in [2.45, 2.75) is 26.7 Å². The van der Waals surface area contributed by atoms with Crippen molar-refractivity contribution >= 4 is 0 Å². The molecule has 0 aromatic heterocycles. The van der Waals surface area contributed by atoms with Crippen LogP contribution in [0, 0.1) is 5.92 Å². The first kappa shape index (κ1) is 5.67. The van der Waals surface area contributed by atoms with Crippen molar-refractivity contribution in [1.29, 1.82) is 0 Å². The lowest BCUT2D eigenvalue weighted by molar-refractivity contribution is 0.393. The fourth-order valence-corrected chi connectivity index (χ4v) is 1.05. The highest BCUT2D eigenvalue weighted by Crippen LogP contribution is 2.28. The van der Waals surface area contributed by atoms with Gasteiger partial charge in [0.1, 0.15) is 0 Å². The summed E-state index contributed by atoms with van der Waals surface area (Å²) in [6.45, 7) is 4.16. The van der Waals surface area contributed by atoms with Crippen LogP contribution in [0.3, 0.4) is 0 Å². The van der Waals surface area contributed by atoms with Crippen LogP contribution in [0.2, 0.25) is 0 Å². The Hall–Kier alpha value is -0.460. The van der Waals surface area contributed by atoms with Gasteiger partial charge >= 0.3 is 0 Å². The average molecular weight is 112 g/mol. The molecule has 1 aliphatic rings. The van der Waals surface area contributed by atoms with Crippen molar-refractivity contribution in [3.05, 3.63) is 11.3 Å². The van der Waals surface area contributed by atoms with Crippen molar-refractivity contribution in [3.8, 4) is 0 Å². The van der Waals surface area contributed by atoms with E-state index < -0.39 is 0 Å². The zero-order chi connectivity index (χ0) is 6.15. The van der Waals surface area contributed by atoms with E-state index in [1.807, 2.05) is 6.92 Å². The predicted octanol–water partition coefficient (Wildman–Crippen LogP) is 2.25. The largest absolute Gasteiger partial charge is 0.512 e. The number of rotatable bonds is 0. The fraction of sp³-hybridized carbons (Fsp3) is 0.714. The first-order chi connectivity index (χ1) is 3.72. The normalized spacial score (nSPS) is 29.5. The summed E-state index contributed by atoms with van der Waals surface area (Å²) in [6.07, 6.45) is 2.03. The molecular weight excluding hydrogens is 100 g/mol. The molecule has 1 rings (SSSR count). The zero-order valence-corrected chi connectivity index (χ0v) is 5.44. The van der Waals surface area contributed by atoms with Crippen LogP contribution in [-0.2, 0) is 0 Å². The molecule has 0 amide bonds. The molecule has 0 fully saturated rings. The van der Waals surface area contributed by atoms with Gasteiger partial charge in [0.2, 0.25) is 0 Å². The van der Waals surface area contributed by atoms with Crippen molar-refractivity contribution in [1.82, 2.24) is 0 Å². The van der Waals surface area contributed by atoms with E-state index in [1.54, 1.807) is 0 Å². The second-order valence-corrected chi connectivity index (χ2v) is 2.57. The van der Waals surface area contributed by atoms with E-state index in [0.29, 0.717) is 11.7 Å². The smallest absolute Gasteiger partial charge is 0.0914 e. The van der Waals surface area contributed by atoms with Crippen LogP contribution < -0.4 is 0 Å². The van der Waals surface area contributed by atoms with E-state index in [9.17, 15) is 0 Å². The monoisotopic (exact) mass is 112 g/mol. The Morgan fingerprint density at radius 2 is 2.25 bits per heavy atom. The lowest BCUT2D eigenvalue weighted by Gasteiger charge is -1.98. The predicted molar refractivity (Wildman–Crippen MR) is 33.7 cm³/mol. The number of allylic oxidation sites excluding steroid dienone is 2. The Morgan fingerprint density at radius 1 is 1.62 bits per heavy atom. The van der Waals surface area contributed by atoms with Gasteiger partial charge in [-0.1, -0.05) is 6.92 Å². The fourth-order valence-electron chi connectivity index (χ4n) is 1.05. The highest BCUT2D eigenvalue weighted by molar-refractivity contribution is 5.13. The molecule has 0 radical (unpaired) electrons. The molecule has 0 aromatic rings. The van der Waals surface area contributed by atoms with Crippen LogP contribution in [0.5, 0.6) is 0 Å². The highest BCUT2D eigenvalue weighted by atomic mass is 16.3. The van der Waals surface area contributed by atoms with E-state index in [1.165, 1.54) is 5.57 Å². The molecule has 1 heteroatoms. The molecule has 0 bridgehead atoms. The van der Waals surface area contributed by atoms with Gasteiger partial charge in [0.15, 0.2) is 0 Å².